The zero-order valence-corrected chi connectivity index (χ0v) is 17.3. The van der Waals surface area contributed by atoms with Gasteiger partial charge in [-0.2, -0.15) is 5.10 Å². The third kappa shape index (κ3) is 5.08. The fourth-order valence-electron chi connectivity index (χ4n) is 4.31. The molecule has 1 atom stereocenters. The molecule has 1 aromatic heterocycles. The molecule has 0 saturated carbocycles. The molecule has 7 nitrogen and oxygen atoms in total. The van der Waals surface area contributed by atoms with E-state index in [9.17, 15) is 9.59 Å². The van der Waals surface area contributed by atoms with E-state index >= 15 is 0 Å². The van der Waals surface area contributed by atoms with Crippen LogP contribution in [-0.4, -0.2) is 52.3 Å². The van der Waals surface area contributed by atoms with Crippen molar-refractivity contribution in [1.29, 1.82) is 0 Å². The number of hydrogen-bond donors (Lipinski definition) is 1. The van der Waals surface area contributed by atoms with Gasteiger partial charge in [0.05, 0.1) is 12.2 Å². The second kappa shape index (κ2) is 9.89. The third-order valence-corrected chi connectivity index (χ3v) is 5.98. The summed E-state index contributed by atoms with van der Waals surface area (Å²) in [5.74, 6) is 0.876. The van der Waals surface area contributed by atoms with Crippen LogP contribution in [0.1, 0.15) is 50.1 Å². The summed E-state index contributed by atoms with van der Waals surface area (Å²) in [6.07, 6.45) is 7.12. The van der Waals surface area contributed by atoms with E-state index in [-0.39, 0.29) is 24.0 Å². The first-order valence-electron chi connectivity index (χ1n) is 11.0. The molecular weight excluding hydrogens is 380 g/mol. The van der Waals surface area contributed by atoms with Crippen LogP contribution in [0.2, 0.25) is 0 Å². The van der Waals surface area contributed by atoms with Gasteiger partial charge in [0, 0.05) is 32.2 Å². The minimum Gasteiger partial charge on any atom is -0.368 e. The quantitative estimate of drug-likeness (QED) is 0.761. The van der Waals surface area contributed by atoms with Crippen LogP contribution in [0, 0.1) is 0 Å². The van der Waals surface area contributed by atoms with Gasteiger partial charge in [0.15, 0.2) is 0 Å². The van der Waals surface area contributed by atoms with Crippen LogP contribution in [0.4, 0.5) is 5.82 Å². The van der Waals surface area contributed by atoms with Crippen molar-refractivity contribution in [2.24, 2.45) is 0 Å². The Bertz CT molecular complexity index is 837. The van der Waals surface area contributed by atoms with Crippen molar-refractivity contribution in [2.75, 3.05) is 25.0 Å². The standard InChI is InChI=1S/C23H30N4O3/c28-22(10-4-8-18-6-2-1-3-7-18)25-21-11-14-24-27(21)19-12-15-26(16-13-19)23(29)20-9-5-17-30-20/h1-3,6-7,11,14,19-20H,4-5,8-10,12-13,15-17H2,(H,25,28)/t20-/m0/s1. The van der Waals surface area contributed by atoms with Crippen LogP contribution in [0.25, 0.3) is 0 Å². The van der Waals surface area contributed by atoms with Gasteiger partial charge < -0.3 is 15.0 Å². The molecule has 30 heavy (non-hydrogen) atoms. The number of amides is 2. The van der Waals surface area contributed by atoms with Crippen LogP contribution in [0.3, 0.4) is 0 Å². The maximum atomic E-state index is 12.5. The number of hydrogen-bond acceptors (Lipinski definition) is 4. The molecule has 1 aromatic carbocycles. The number of carbonyl (C=O) groups excluding carboxylic acids is 2. The number of piperidine rings is 1. The second-order valence-electron chi connectivity index (χ2n) is 8.11. The van der Waals surface area contributed by atoms with Gasteiger partial charge in [-0.25, -0.2) is 4.68 Å². The molecular formula is C23H30N4O3. The lowest BCUT2D eigenvalue weighted by Gasteiger charge is -2.33. The molecule has 0 spiro atoms. The summed E-state index contributed by atoms with van der Waals surface area (Å²) in [5, 5.41) is 7.46. The SMILES string of the molecule is O=C(CCCc1ccccc1)Nc1ccnn1C1CCN(C(=O)[C@@H]2CCCO2)CC1. The van der Waals surface area contributed by atoms with Crippen molar-refractivity contribution in [1.82, 2.24) is 14.7 Å². The number of anilines is 1. The Morgan fingerprint density at radius 1 is 1.10 bits per heavy atom. The summed E-state index contributed by atoms with van der Waals surface area (Å²) in [6, 6.07) is 12.2. The molecule has 2 aliphatic heterocycles. The second-order valence-corrected chi connectivity index (χ2v) is 8.11. The van der Waals surface area contributed by atoms with Crippen molar-refractivity contribution in [3.8, 4) is 0 Å². The van der Waals surface area contributed by atoms with Crippen LogP contribution >= 0.6 is 0 Å². The Balaban J connectivity index is 1.25. The van der Waals surface area contributed by atoms with Gasteiger partial charge in [0.1, 0.15) is 11.9 Å². The largest absolute Gasteiger partial charge is 0.368 e. The molecule has 4 rings (SSSR count). The molecule has 0 bridgehead atoms. The third-order valence-electron chi connectivity index (χ3n) is 5.98. The molecule has 160 valence electrons. The fourth-order valence-corrected chi connectivity index (χ4v) is 4.31. The summed E-state index contributed by atoms with van der Waals surface area (Å²) >= 11 is 0. The highest BCUT2D eigenvalue weighted by Gasteiger charge is 2.31. The number of benzene rings is 1. The highest BCUT2D eigenvalue weighted by Crippen LogP contribution is 2.27. The summed E-state index contributed by atoms with van der Waals surface area (Å²) < 4.78 is 7.44. The van der Waals surface area contributed by atoms with E-state index < -0.39 is 0 Å². The van der Waals surface area contributed by atoms with E-state index in [0.717, 1.165) is 44.3 Å². The number of nitrogens with zero attached hydrogens (tertiary/aromatic N) is 3. The molecule has 2 aliphatic rings. The van der Waals surface area contributed by atoms with E-state index in [1.165, 1.54) is 5.56 Å². The Hall–Kier alpha value is -2.67. The summed E-state index contributed by atoms with van der Waals surface area (Å²) in [5.41, 5.74) is 1.25. The van der Waals surface area contributed by atoms with Crippen LogP contribution in [0.5, 0.6) is 0 Å². The number of rotatable bonds is 7. The van der Waals surface area contributed by atoms with E-state index in [1.807, 2.05) is 33.8 Å². The Kier molecular flexibility index (Phi) is 6.79. The number of carbonyl (C=O) groups is 2. The maximum Gasteiger partial charge on any atom is 0.251 e. The van der Waals surface area contributed by atoms with E-state index in [0.29, 0.717) is 26.1 Å². The lowest BCUT2D eigenvalue weighted by Crippen LogP contribution is -2.44. The zero-order valence-electron chi connectivity index (χ0n) is 17.3. The molecule has 1 N–H and O–H groups in total. The minimum atomic E-state index is -0.253. The fraction of sp³-hybridized carbons (Fsp3) is 0.522. The Morgan fingerprint density at radius 3 is 2.63 bits per heavy atom. The molecule has 2 fully saturated rings. The van der Waals surface area contributed by atoms with Crippen LogP contribution in [0.15, 0.2) is 42.6 Å². The normalized spacial score (nSPS) is 19.7. The Morgan fingerprint density at radius 2 is 1.90 bits per heavy atom. The lowest BCUT2D eigenvalue weighted by atomic mass is 10.0. The first-order valence-corrected chi connectivity index (χ1v) is 11.0. The molecule has 2 aromatic rings. The number of aryl methyl sites for hydroxylation is 1. The highest BCUT2D eigenvalue weighted by molar-refractivity contribution is 5.89. The number of nitrogens with one attached hydrogen (secondary N) is 1. The average Bonchev–Trinajstić information content (AvgIpc) is 3.47. The van der Waals surface area contributed by atoms with Gasteiger partial charge in [-0.1, -0.05) is 30.3 Å². The Labute approximate surface area is 177 Å². The molecule has 0 aliphatic carbocycles. The molecule has 0 radical (unpaired) electrons. The number of ether oxygens (including phenoxy) is 1. The smallest absolute Gasteiger partial charge is 0.251 e. The van der Waals surface area contributed by atoms with Crippen LogP contribution in [-0.2, 0) is 20.7 Å². The summed E-state index contributed by atoms with van der Waals surface area (Å²) in [6.45, 7) is 2.09. The van der Waals surface area contributed by atoms with Gasteiger partial charge >= 0.3 is 0 Å². The van der Waals surface area contributed by atoms with E-state index in [2.05, 4.69) is 22.5 Å². The van der Waals surface area contributed by atoms with Crippen molar-refractivity contribution in [2.45, 2.75) is 57.1 Å². The number of aromatic nitrogens is 2. The average molecular weight is 411 g/mol. The van der Waals surface area contributed by atoms with E-state index in [1.54, 1.807) is 6.20 Å². The van der Waals surface area contributed by atoms with Gasteiger partial charge in [0.2, 0.25) is 5.91 Å². The molecule has 0 unspecified atom stereocenters. The van der Waals surface area contributed by atoms with Crippen LogP contribution < -0.4 is 5.32 Å². The van der Waals surface area contributed by atoms with Crippen molar-refractivity contribution < 1.29 is 14.3 Å². The molecule has 2 saturated heterocycles. The minimum absolute atomic E-state index is 0.0127. The highest BCUT2D eigenvalue weighted by atomic mass is 16.5. The zero-order chi connectivity index (χ0) is 20.8. The summed E-state index contributed by atoms with van der Waals surface area (Å²) in [4.78, 5) is 26.8. The molecule has 3 heterocycles. The lowest BCUT2D eigenvalue weighted by molar-refractivity contribution is -0.142. The molecule has 2 amide bonds. The monoisotopic (exact) mass is 410 g/mol. The molecule has 7 heteroatoms. The first kappa shape index (κ1) is 20.6. The van der Waals surface area contributed by atoms with Crippen molar-refractivity contribution in [3.05, 3.63) is 48.2 Å². The topological polar surface area (TPSA) is 76.5 Å². The van der Waals surface area contributed by atoms with Gasteiger partial charge in [0.25, 0.3) is 5.91 Å². The number of likely N-dealkylation sites (tertiary alicyclic amines) is 1. The van der Waals surface area contributed by atoms with Crippen molar-refractivity contribution >= 4 is 17.6 Å². The predicted octanol–water partition coefficient (Wildman–Crippen LogP) is 3.19. The maximum absolute atomic E-state index is 12.5. The van der Waals surface area contributed by atoms with E-state index in [4.69, 9.17) is 4.74 Å². The first-order chi connectivity index (χ1) is 14.7. The summed E-state index contributed by atoms with van der Waals surface area (Å²) in [7, 11) is 0. The van der Waals surface area contributed by atoms with Crippen molar-refractivity contribution in [3.63, 3.8) is 0 Å². The van der Waals surface area contributed by atoms with Gasteiger partial charge in [-0.05, 0) is 44.1 Å². The van der Waals surface area contributed by atoms with Gasteiger partial charge in [-0.3, -0.25) is 9.59 Å². The van der Waals surface area contributed by atoms with Gasteiger partial charge in [-0.15, -0.1) is 0 Å². The predicted molar refractivity (Wildman–Crippen MR) is 114 cm³/mol.